The van der Waals surface area contributed by atoms with Crippen LogP contribution in [0.5, 0.6) is 11.5 Å². The van der Waals surface area contributed by atoms with E-state index >= 15 is 0 Å². The maximum absolute atomic E-state index is 13.0. The topological polar surface area (TPSA) is 30.5 Å². The number of rotatable bonds is 3. The summed E-state index contributed by atoms with van der Waals surface area (Å²) in [5.41, 5.74) is 1.08. The van der Waals surface area contributed by atoms with E-state index in [1.54, 1.807) is 0 Å². The lowest BCUT2D eigenvalue weighted by molar-refractivity contribution is -0.0405. The zero-order valence-electron chi connectivity index (χ0n) is 10.6. The molecular weight excluding hydrogens is 252 g/mol. The highest BCUT2D eigenvalue weighted by atomic mass is 19.3. The van der Waals surface area contributed by atoms with Crippen molar-refractivity contribution < 1.29 is 18.3 Å². The molecular formula is C14H17F2NO2. The third kappa shape index (κ3) is 2.97. The van der Waals surface area contributed by atoms with Crippen molar-refractivity contribution in [3.8, 4) is 11.5 Å². The first-order valence-electron chi connectivity index (χ1n) is 6.62. The second kappa shape index (κ2) is 4.96. The molecule has 2 aliphatic rings. The second-order valence-electron chi connectivity index (χ2n) is 5.20. The van der Waals surface area contributed by atoms with E-state index in [1.165, 1.54) is 0 Å². The van der Waals surface area contributed by atoms with Crippen LogP contribution >= 0.6 is 0 Å². The minimum absolute atomic E-state index is 0.00813. The van der Waals surface area contributed by atoms with E-state index in [0.29, 0.717) is 19.4 Å². The molecule has 0 atom stereocenters. The number of fused-ring (bicyclic) bond motifs is 1. The zero-order valence-corrected chi connectivity index (χ0v) is 10.6. The lowest BCUT2D eigenvalue weighted by Gasteiger charge is -2.28. The Balaban J connectivity index is 1.53. The van der Waals surface area contributed by atoms with E-state index in [0.717, 1.165) is 17.1 Å². The van der Waals surface area contributed by atoms with Crippen LogP contribution in [0.4, 0.5) is 8.78 Å². The van der Waals surface area contributed by atoms with Gasteiger partial charge < -0.3 is 14.8 Å². The van der Waals surface area contributed by atoms with E-state index in [2.05, 4.69) is 5.32 Å². The second-order valence-corrected chi connectivity index (χ2v) is 5.20. The Hall–Kier alpha value is -1.36. The van der Waals surface area contributed by atoms with Gasteiger partial charge >= 0.3 is 0 Å². The molecule has 0 unspecified atom stereocenters. The third-order valence-electron chi connectivity index (χ3n) is 3.75. The van der Waals surface area contributed by atoms with Gasteiger partial charge in [-0.05, 0) is 30.5 Å². The van der Waals surface area contributed by atoms with E-state index in [9.17, 15) is 8.78 Å². The van der Waals surface area contributed by atoms with Gasteiger partial charge in [0.2, 0.25) is 12.7 Å². The number of hydrogen-bond donors (Lipinski definition) is 1. The number of halogens is 2. The molecule has 104 valence electrons. The SMILES string of the molecule is FC1(F)CCC(NCc2ccc3c(c2)OCO3)CC1. The summed E-state index contributed by atoms with van der Waals surface area (Å²) >= 11 is 0. The molecule has 0 amide bonds. The standard InChI is InChI=1S/C14H17F2NO2/c15-14(16)5-3-11(4-6-14)17-8-10-1-2-12-13(7-10)19-9-18-12/h1-2,7,11,17H,3-6,8-9H2. The summed E-state index contributed by atoms with van der Waals surface area (Å²) in [7, 11) is 0. The maximum Gasteiger partial charge on any atom is 0.248 e. The Morgan fingerprint density at radius 2 is 1.89 bits per heavy atom. The number of benzene rings is 1. The van der Waals surface area contributed by atoms with Gasteiger partial charge in [0.25, 0.3) is 0 Å². The van der Waals surface area contributed by atoms with Crippen LogP contribution in [0, 0.1) is 0 Å². The summed E-state index contributed by atoms with van der Waals surface area (Å²) in [6.45, 7) is 0.941. The molecule has 0 saturated heterocycles. The van der Waals surface area contributed by atoms with E-state index in [4.69, 9.17) is 9.47 Å². The summed E-state index contributed by atoms with van der Waals surface area (Å²) < 4.78 is 36.6. The van der Waals surface area contributed by atoms with Gasteiger partial charge in [0.1, 0.15) is 0 Å². The summed E-state index contributed by atoms with van der Waals surface area (Å²) in [4.78, 5) is 0. The molecule has 1 N–H and O–H groups in total. The van der Waals surface area contributed by atoms with Crippen molar-refractivity contribution in [3.63, 3.8) is 0 Å². The van der Waals surface area contributed by atoms with Crippen LogP contribution < -0.4 is 14.8 Å². The van der Waals surface area contributed by atoms with Gasteiger partial charge in [-0.1, -0.05) is 6.07 Å². The van der Waals surface area contributed by atoms with Crippen LogP contribution in [-0.4, -0.2) is 18.8 Å². The number of ether oxygens (including phenoxy) is 2. The van der Waals surface area contributed by atoms with Gasteiger partial charge in [-0.3, -0.25) is 0 Å². The molecule has 5 heteroatoms. The van der Waals surface area contributed by atoms with Crippen LogP contribution in [0.1, 0.15) is 31.2 Å². The van der Waals surface area contributed by atoms with Crippen molar-refractivity contribution in [2.24, 2.45) is 0 Å². The highest BCUT2D eigenvalue weighted by Gasteiger charge is 2.34. The molecule has 1 saturated carbocycles. The fraction of sp³-hybridized carbons (Fsp3) is 0.571. The van der Waals surface area contributed by atoms with Gasteiger partial charge in [0.15, 0.2) is 11.5 Å². The average molecular weight is 269 g/mol. The van der Waals surface area contributed by atoms with E-state index in [-0.39, 0.29) is 25.7 Å². The Morgan fingerprint density at radius 1 is 1.16 bits per heavy atom. The zero-order chi connectivity index (χ0) is 13.3. The molecule has 0 bridgehead atoms. The van der Waals surface area contributed by atoms with Gasteiger partial charge in [0, 0.05) is 25.4 Å². The van der Waals surface area contributed by atoms with Crippen LogP contribution in [0.2, 0.25) is 0 Å². The predicted molar refractivity (Wildman–Crippen MR) is 66.6 cm³/mol. The van der Waals surface area contributed by atoms with Crippen LogP contribution in [0.15, 0.2) is 18.2 Å². The first-order chi connectivity index (χ1) is 9.12. The van der Waals surface area contributed by atoms with Gasteiger partial charge in [-0.2, -0.15) is 0 Å². The fourth-order valence-corrected chi connectivity index (χ4v) is 2.56. The third-order valence-corrected chi connectivity index (χ3v) is 3.75. The van der Waals surface area contributed by atoms with E-state index < -0.39 is 5.92 Å². The Labute approximate surface area is 110 Å². The molecule has 1 aromatic carbocycles. The number of alkyl halides is 2. The highest BCUT2D eigenvalue weighted by Crippen LogP contribution is 2.34. The molecule has 1 fully saturated rings. The Bertz CT molecular complexity index is 455. The van der Waals surface area contributed by atoms with Gasteiger partial charge in [0.05, 0.1) is 0 Å². The van der Waals surface area contributed by atoms with Crippen molar-refractivity contribution in [2.75, 3.05) is 6.79 Å². The Morgan fingerprint density at radius 3 is 2.68 bits per heavy atom. The van der Waals surface area contributed by atoms with Crippen molar-refractivity contribution in [2.45, 2.75) is 44.2 Å². The summed E-state index contributed by atoms with van der Waals surface area (Å²) in [6.07, 6.45) is 1.06. The van der Waals surface area contributed by atoms with Crippen molar-refractivity contribution in [3.05, 3.63) is 23.8 Å². The van der Waals surface area contributed by atoms with Gasteiger partial charge in [-0.25, -0.2) is 8.78 Å². The molecule has 19 heavy (non-hydrogen) atoms. The summed E-state index contributed by atoms with van der Waals surface area (Å²) in [6, 6.07) is 5.98. The quantitative estimate of drug-likeness (QED) is 0.914. The van der Waals surface area contributed by atoms with Crippen LogP contribution in [0.25, 0.3) is 0 Å². The minimum atomic E-state index is -2.46. The summed E-state index contributed by atoms with van der Waals surface area (Å²) in [5, 5.41) is 3.34. The Kier molecular flexibility index (Phi) is 3.31. The average Bonchev–Trinajstić information content (AvgIpc) is 2.85. The molecule has 0 spiro atoms. The molecule has 1 heterocycles. The molecule has 0 aromatic heterocycles. The van der Waals surface area contributed by atoms with Crippen molar-refractivity contribution >= 4 is 0 Å². The lowest BCUT2D eigenvalue weighted by Crippen LogP contribution is -2.36. The largest absolute Gasteiger partial charge is 0.454 e. The fourth-order valence-electron chi connectivity index (χ4n) is 2.56. The monoisotopic (exact) mass is 269 g/mol. The maximum atomic E-state index is 13.0. The van der Waals surface area contributed by atoms with Crippen LogP contribution in [0.3, 0.4) is 0 Å². The van der Waals surface area contributed by atoms with Gasteiger partial charge in [-0.15, -0.1) is 0 Å². The van der Waals surface area contributed by atoms with Crippen LogP contribution in [-0.2, 0) is 6.54 Å². The smallest absolute Gasteiger partial charge is 0.248 e. The first-order valence-corrected chi connectivity index (χ1v) is 6.62. The van der Waals surface area contributed by atoms with Crippen molar-refractivity contribution in [1.82, 2.24) is 5.32 Å². The molecule has 3 nitrogen and oxygen atoms in total. The lowest BCUT2D eigenvalue weighted by atomic mass is 9.92. The first kappa shape index (κ1) is 12.7. The molecule has 3 rings (SSSR count). The minimum Gasteiger partial charge on any atom is -0.454 e. The molecule has 0 radical (unpaired) electrons. The molecule has 1 aromatic rings. The predicted octanol–water partition coefficient (Wildman–Crippen LogP) is 3.08. The molecule has 1 aliphatic carbocycles. The van der Waals surface area contributed by atoms with Crippen molar-refractivity contribution in [1.29, 1.82) is 0 Å². The normalized spacial score (nSPS) is 21.6. The number of nitrogens with one attached hydrogen (secondary N) is 1. The summed E-state index contributed by atoms with van der Waals surface area (Å²) in [5.74, 6) is -0.938. The molecule has 1 aliphatic heterocycles. The van der Waals surface area contributed by atoms with E-state index in [1.807, 2.05) is 18.2 Å². The highest BCUT2D eigenvalue weighted by molar-refractivity contribution is 5.44. The number of hydrogen-bond acceptors (Lipinski definition) is 3.